The molecule has 3 rings (SSSR count). The van der Waals surface area contributed by atoms with E-state index in [0.717, 1.165) is 12.1 Å². The number of benzene rings is 2. The fourth-order valence-corrected chi connectivity index (χ4v) is 2.05. The molecule has 2 N–H and O–H groups in total. The van der Waals surface area contributed by atoms with Crippen LogP contribution < -0.4 is 10.6 Å². The maximum absolute atomic E-state index is 13.6. The summed E-state index contributed by atoms with van der Waals surface area (Å²) in [5.41, 5.74) is 1.17. The molecule has 0 bridgehead atoms. The van der Waals surface area contributed by atoms with Crippen molar-refractivity contribution >= 4 is 23.2 Å². The molecule has 2 aromatic carbocycles. The topological polar surface area (TPSA) is 90.7 Å². The highest BCUT2D eigenvalue weighted by Crippen LogP contribution is 2.17. The van der Waals surface area contributed by atoms with Gasteiger partial charge in [0.05, 0.1) is 22.9 Å². The van der Waals surface area contributed by atoms with Gasteiger partial charge in [-0.05, 0) is 36.4 Å². The van der Waals surface area contributed by atoms with Crippen LogP contribution in [0.4, 0.5) is 26.1 Å². The first-order chi connectivity index (χ1) is 12.5. The molecule has 1 aromatic heterocycles. The van der Waals surface area contributed by atoms with Crippen LogP contribution in [-0.4, -0.2) is 15.9 Å². The second kappa shape index (κ2) is 7.36. The summed E-state index contributed by atoms with van der Waals surface area (Å²) in [7, 11) is 0. The van der Waals surface area contributed by atoms with Gasteiger partial charge in [0, 0.05) is 24.1 Å². The van der Waals surface area contributed by atoms with Crippen molar-refractivity contribution in [1.82, 2.24) is 9.97 Å². The number of nitrogens with zero attached hydrogens (tertiary/aromatic N) is 3. The molecule has 6 nitrogen and oxygen atoms in total. The van der Waals surface area contributed by atoms with Crippen LogP contribution in [0.25, 0.3) is 0 Å². The molecule has 0 unspecified atom stereocenters. The Bertz CT molecular complexity index is 982. The molecule has 0 aliphatic carbocycles. The summed E-state index contributed by atoms with van der Waals surface area (Å²) in [6.07, 6.45) is 2.55. The lowest BCUT2D eigenvalue weighted by molar-refractivity contribution is 0.102. The minimum Gasteiger partial charge on any atom is -0.324 e. The largest absolute Gasteiger partial charge is 0.324 e. The quantitative estimate of drug-likeness (QED) is 0.749. The molecule has 0 spiro atoms. The molecule has 3 aromatic rings. The third-order valence-electron chi connectivity index (χ3n) is 3.36. The Hall–Kier alpha value is -3.86. The zero-order valence-electron chi connectivity index (χ0n) is 13.2. The summed E-state index contributed by atoms with van der Waals surface area (Å²) in [5, 5.41) is 14.0. The predicted molar refractivity (Wildman–Crippen MR) is 90.8 cm³/mol. The van der Waals surface area contributed by atoms with Crippen molar-refractivity contribution in [3.8, 4) is 6.07 Å². The van der Waals surface area contributed by atoms with Crippen molar-refractivity contribution in [3.05, 3.63) is 77.6 Å². The predicted octanol–water partition coefficient (Wildman–Crippen LogP) is 3.62. The lowest BCUT2D eigenvalue weighted by atomic mass is 10.2. The zero-order chi connectivity index (χ0) is 18.5. The molecule has 0 atom stereocenters. The van der Waals surface area contributed by atoms with Gasteiger partial charge in [0.2, 0.25) is 5.95 Å². The number of carbonyl (C=O) groups is 1. The summed E-state index contributed by atoms with van der Waals surface area (Å²) >= 11 is 0. The number of halogens is 2. The molecule has 0 fully saturated rings. The van der Waals surface area contributed by atoms with Gasteiger partial charge in [-0.15, -0.1) is 0 Å². The maximum Gasteiger partial charge on any atom is 0.258 e. The highest BCUT2D eigenvalue weighted by Gasteiger charge is 2.11. The van der Waals surface area contributed by atoms with Crippen LogP contribution in [0.5, 0.6) is 0 Å². The van der Waals surface area contributed by atoms with Crippen LogP contribution in [-0.2, 0) is 0 Å². The van der Waals surface area contributed by atoms with Crippen LogP contribution in [0.2, 0.25) is 0 Å². The monoisotopic (exact) mass is 351 g/mol. The van der Waals surface area contributed by atoms with Gasteiger partial charge in [-0.25, -0.2) is 18.7 Å². The standard InChI is InChI=1S/C18H11F2N5O/c19-13-3-6-16(15(20)7-13)25-17(26)12-9-22-18(23-10-12)24-14-4-1-11(8-21)2-5-14/h1-7,9-10H,(H,25,26)(H,22,23,24). The van der Waals surface area contributed by atoms with Crippen molar-refractivity contribution in [1.29, 1.82) is 5.26 Å². The first kappa shape index (κ1) is 17.0. The van der Waals surface area contributed by atoms with Crippen molar-refractivity contribution in [3.63, 3.8) is 0 Å². The minimum absolute atomic E-state index is 0.110. The summed E-state index contributed by atoms with van der Waals surface area (Å²) in [5.74, 6) is -1.99. The highest BCUT2D eigenvalue weighted by atomic mass is 19.1. The van der Waals surface area contributed by atoms with Crippen LogP contribution in [0.3, 0.4) is 0 Å². The van der Waals surface area contributed by atoms with Gasteiger partial charge in [0.15, 0.2) is 0 Å². The number of hydrogen-bond acceptors (Lipinski definition) is 5. The Kier molecular flexibility index (Phi) is 4.80. The molecule has 1 heterocycles. The van der Waals surface area contributed by atoms with Gasteiger partial charge >= 0.3 is 0 Å². The summed E-state index contributed by atoms with van der Waals surface area (Å²) in [6, 6.07) is 11.5. The number of anilines is 3. The van der Waals surface area contributed by atoms with E-state index < -0.39 is 17.5 Å². The van der Waals surface area contributed by atoms with E-state index in [1.54, 1.807) is 24.3 Å². The normalized spacial score (nSPS) is 10.0. The molecule has 128 valence electrons. The zero-order valence-corrected chi connectivity index (χ0v) is 13.2. The Morgan fingerprint density at radius 2 is 1.73 bits per heavy atom. The average Bonchev–Trinajstić information content (AvgIpc) is 2.65. The van der Waals surface area contributed by atoms with Gasteiger partial charge in [-0.3, -0.25) is 4.79 Å². The second-order valence-corrected chi connectivity index (χ2v) is 5.19. The molecular formula is C18H11F2N5O. The number of nitriles is 1. The number of aromatic nitrogens is 2. The smallest absolute Gasteiger partial charge is 0.258 e. The third kappa shape index (κ3) is 3.96. The minimum atomic E-state index is -0.877. The van der Waals surface area contributed by atoms with Crippen LogP contribution in [0, 0.1) is 23.0 Å². The van der Waals surface area contributed by atoms with Gasteiger partial charge in [0.1, 0.15) is 11.6 Å². The molecule has 1 amide bonds. The fraction of sp³-hybridized carbons (Fsp3) is 0. The van der Waals surface area contributed by atoms with E-state index in [2.05, 4.69) is 20.6 Å². The molecule has 0 aliphatic heterocycles. The molecule has 0 saturated carbocycles. The van der Waals surface area contributed by atoms with Gasteiger partial charge in [-0.2, -0.15) is 5.26 Å². The van der Waals surface area contributed by atoms with E-state index in [-0.39, 0.29) is 17.2 Å². The lowest BCUT2D eigenvalue weighted by Gasteiger charge is -2.07. The van der Waals surface area contributed by atoms with Crippen LogP contribution in [0.1, 0.15) is 15.9 Å². The number of carbonyl (C=O) groups excluding carboxylic acids is 1. The number of rotatable bonds is 4. The Balaban J connectivity index is 1.68. The summed E-state index contributed by atoms with van der Waals surface area (Å²) in [6.45, 7) is 0. The third-order valence-corrected chi connectivity index (χ3v) is 3.36. The molecule has 8 heteroatoms. The highest BCUT2D eigenvalue weighted by molar-refractivity contribution is 6.03. The Labute approximate surface area is 147 Å². The fourth-order valence-electron chi connectivity index (χ4n) is 2.05. The van der Waals surface area contributed by atoms with Crippen molar-refractivity contribution in [2.24, 2.45) is 0 Å². The molecule has 0 aliphatic rings. The summed E-state index contributed by atoms with van der Waals surface area (Å²) in [4.78, 5) is 20.1. The van der Waals surface area contributed by atoms with Gasteiger partial charge < -0.3 is 10.6 Å². The van der Waals surface area contributed by atoms with Crippen LogP contribution >= 0.6 is 0 Å². The first-order valence-corrected chi connectivity index (χ1v) is 7.41. The van der Waals surface area contributed by atoms with Gasteiger partial charge in [-0.1, -0.05) is 0 Å². The van der Waals surface area contributed by atoms with E-state index >= 15 is 0 Å². The van der Waals surface area contributed by atoms with Crippen molar-refractivity contribution in [2.45, 2.75) is 0 Å². The first-order valence-electron chi connectivity index (χ1n) is 7.41. The molecule has 0 radical (unpaired) electrons. The lowest BCUT2D eigenvalue weighted by Crippen LogP contribution is -2.14. The number of nitrogens with one attached hydrogen (secondary N) is 2. The second-order valence-electron chi connectivity index (χ2n) is 5.19. The SMILES string of the molecule is N#Cc1ccc(Nc2ncc(C(=O)Nc3ccc(F)cc3F)cn2)cc1. The molecular weight excluding hydrogens is 340 g/mol. The Morgan fingerprint density at radius 3 is 2.35 bits per heavy atom. The maximum atomic E-state index is 13.6. The van der Waals surface area contributed by atoms with E-state index in [9.17, 15) is 13.6 Å². The van der Waals surface area contributed by atoms with E-state index in [1.165, 1.54) is 12.4 Å². The van der Waals surface area contributed by atoms with Crippen molar-refractivity contribution < 1.29 is 13.6 Å². The van der Waals surface area contributed by atoms with E-state index in [4.69, 9.17) is 5.26 Å². The summed E-state index contributed by atoms with van der Waals surface area (Å²) < 4.78 is 26.4. The molecule has 26 heavy (non-hydrogen) atoms. The number of hydrogen-bond donors (Lipinski definition) is 2. The van der Waals surface area contributed by atoms with E-state index in [0.29, 0.717) is 17.3 Å². The Morgan fingerprint density at radius 1 is 1.04 bits per heavy atom. The number of amides is 1. The average molecular weight is 351 g/mol. The van der Waals surface area contributed by atoms with Crippen LogP contribution in [0.15, 0.2) is 54.9 Å². The van der Waals surface area contributed by atoms with Crippen molar-refractivity contribution in [2.75, 3.05) is 10.6 Å². The van der Waals surface area contributed by atoms with E-state index in [1.807, 2.05) is 6.07 Å². The molecule has 0 saturated heterocycles. The van der Waals surface area contributed by atoms with Gasteiger partial charge in [0.25, 0.3) is 5.91 Å².